The summed E-state index contributed by atoms with van der Waals surface area (Å²) in [5, 5.41) is 11.0. The van der Waals surface area contributed by atoms with Crippen molar-refractivity contribution in [3.63, 3.8) is 0 Å². The normalized spacial score (nSPS) is 10.8. The Morgan fingerprint density at radius 3 is 2.42 bits per heavy atom. The molecule has 0 unspecified atom stereocenters. The van der Waals surface area contributed by atoms with Gasteiger partial charge in [0.05, 0.1) is 17.0 Å². The molecular weight excluding hydrogens is 400 g/mol. The molecule has 0 atom stereocenters. The lowest BCUT2D eigenvalue weighted by molar-refractivity contribution is -0.384. The van der Waals surface area contributed by atoms with Crippen molar-refractivity contribution >= 4 is 22.6 Å². The predicted octanol–water partition coefficient (Wildman–Crippen LogP) is 4.20. The third-order valence-corrected chi connectivity index (χ3v) is 4.81. The number of nitro benzene ring substituents is 1. The van der Waals surface area contributed by atoms with Crippen molar-refractivity contribution in [2.24, 2.45) is 0 Å². The number of nitro groups is 1. The van der Waals surface area contributed by atoms with Gasteiger partial charge in [-0.15, -0.1) is 0 Å². The molecule has 0 fully saturated rings. The van der Waals surface area contributed by atoms with Crippen LogP contribution in [0.5, 0.6) is 5.75 Å². The Hall–Kier alpha value is -4.20. The van der Waals surface area contributed by atoms with Crippen LogP contribution in [0.25, 0.3) is 11.1 Å². The number of hydrogen-bond acceptors (Lipinski definition) is 6. The number of benzene rings is 3. The minimum atomic E-state index is -0.570. The van der Waals surface area contributed by atoms with Crippen molar-refractivity contribution < 1.29 is 18.9 Å². The summed E-state index contributed by atoms with van der Waals surface area (Å²) in [6, 6.07) is 19.9. The molecule has 0 aliphatic heterocycles. The average molecular weight is 418 g/mol. The van der Waals surface area contributed by atoms with Crippen LogP contribution in [0.3, 0.4) is 0 Å². The van der Waals surface area contributed by atoms with Gasteiger partial charge in [0.2, 0.25) is 0 Å². The van der Waals surface area contributed by atoms with E-state index in [9.17, 15) is 19.7 Å². The molecule has 0 aliphatic carbocycles. The topological polar surface area (TPSA) is 105 Å². The number of aromatic nitrogens is 1. The van der Waals surface area contributed by atoms with Gasteiger partial charge in [-0.25, -0.2) is 4.79 Å². The van der Waals surface area contributed by atoms with E-state index in [4.69, 9.17) is 9.15 Å². The smallest absolute Gasteiger partial charge is 0.419 e. The number of non-ortho nitro benzene ring substituents is 1. The maximum absolute atomic E-state index is 12.4. The quantitative estimate of drug-likeness (QED) is 0.184. The van der Waals surface area contributed by atoms with Crippen LogP contribution in [0.4, 0.5) is 5.69 Å². The Kier molecular flexibility index (Phi) is 5.61. The SMILES string of the molecule is O=C(c1ccccc1)c1ccc(OCCCn2c(=O)oc3ccc([N+](=O)[O-])cc32)cc1. The Labute approximate surface area is 176 Å². The predicted molar refractivity (Wildman–Crippen MR) is 114 cm³/mol. The maximum Gasteiger partial charge on any atom is 0.419 e. The zero-order chi connectivity index (χ0) is 21.8. The first kappa shape index (κ1) is 20.1. The zero-order valence-electron chi connectivity index (χ0n) is 16.4. The highest BCUT2D eigenvalue weighted by Gasteiger charge is 2.14. The molecule has 1 heterocycles. The Morgan fingerprint density at radius 2 is 1.71 bits per heavy atom. The van der Waals surface area contributed by atoms with Gasteiger partial charge in [-0.1, -0.05) is 30.3 Å². The van der Waals surface area contributed by atoms with Gasteiger partial charge >= 0.3 is 5.76 Å². The summed E-state index contributed by atoms with van der Waals surface area (Å²) in [7, 11) is 0. The lowest BCUT2D eigenvalue weighted by Crippen LogP contribution is -2.16. The first-order chi connectivity index (χ1) is 15.0. The van der Waals surface area contributed by atoms with Gasteiger partial charge in [-0.3, -0.25) is 19.5 Å². The minimum absolute atomic E-state index is 0.0625. The van der Waals surface area contributed by atoms with Gasteiger partial charge in [0.25, 0.3) is 5.69 Å². The van der Waals surface area contributed by atoms with Gasteiger partial charge < -0.3 is 9.15 Å². The lowest BCUT2D eigenvalue weighted by Gasteiger charge is -2.08. The van der Waals surface area contributed by atoms with E-state index in [2.05, 4.69) is 0 Å². The van der Waals surface area contributed by atoms with Crippen molar-refractivity contribution in [2.45, 2.75) is 13.0 Å². The van der Waals surface area contributed by atoms with E-state index in [-0.39, 0.29) is 18.0 Å². The van der Waals surface area contributed by atoms with E-state index >= 15 is 0 Å². The molecule has 31 heavy (non-hydrogen) atoms. The fraction of sp³-hybridized carbons (Fsp3) is 0.130. The molecule has 0 bridgehead atoms. The summed E-state index contributed by atoms with van der Waals surface area (Å²) < 4.78 is 12.2. The summed E-state index contributed by atoms with van der Waals surface area (Å²) in [6.45, 7) is 0.609. The third kappa shape index (κ3) is 4.37. The van der Waals surface area contributed by atoms with E-state index < -0.39 is 10.7 Å². The van der Waals surface area contributed by atoms with Gasteiger partial charge in [0.1, 0.15) is 5.75 Å². The minimum Gasteiger partial charge on any atom is -0.494 e. The number of aryl methyl sites for hydroxylation is 1. The lowest BCUT2D eigenvalue weighted by atomic mass is 10.0. The first-order valence-corrected chi connectivity index (χ1v) is 9.63. The van der Waals surface area contributed by atoms with E-state index in [0.717, 1.165) is 0 Å². The molecule has 0 amide bonds. The zero-order valence-corrected chi connectivity index (χ0v) is 16.4. The summed E-state index contributed by atoms with van der Waals surface area (Å²) in [6.07, 6.45) is 0.488. The number of carbonyl (C=O) groups is 1. The van der Waals surface area contributed by atoms with Crippen molar-refractivity contribution in [1.82, 2.24) is 4.57 Å². The number of oxazole rings is 1. The number of fused-ring (bicyclic) bond motifs is 1. The monoisotopic (exact) mass is 418 g/mol. The third-order valence-electron chi connectivity index (χ3n) is 4.81. The molecule has 8 heteroatoms. The molecule has 8 nitrogen and oxygen atoms in total. The average Bonchev–Trinajstić information content (AvgIpc) is 3.11. The second kappa shape index (κ2) is 8.66. The number of ether oxygens (including phenoxy) is 1. The van der Waals surface area contributed by atoms with Crippen molar-refractivity contribution in [1.29, 1.82) is 0 Å². The molecule has 156 valence electrons. The molecular formula is C23H18N2O6. The first-order valence-electron chi connectivity index (χ1n) is 9.63. The molecule has 0 aliphatic rings. The highest BCUT2D eigenvalue weighted by molar-refractivity contribution is 6.08. The number of ketones is 1. The van der Waals surface area contributed by atoms with Crippen molar-refractivity contribution in [2.75, 3.05) is 6.61 Å². The molecule has 3 aromatic carbocycles. The van der Waals surface area contributed by atoms with Gasteiger partial charge in [0, 0.05) is 29.8 Å². The Bertz CT molecular complexity index is 1290. The molecule has 1 aromatic heterocycles. The van der Waals surface area contributed by atoms with Gasteiger partial charge in [-0.2, -0.15) is 0 Å². The largest absolute Gasteiger partial charge is 0.494 e. The van der Waals surface area contributed by atoms with E-state index in [1.807, 2.05) is 18.2 Å². The van der Waals surface area contributed by atoms with Crippen LogP contribution in [0.15, 0.2) is 82.0 Å². The van der Waals surface area contributed by atoms with Crippen LogP contribution in [-0.4, -0.2) is 21.9 Å². The van der Waals surface area contributed by atoms with Crippen LogP contribution in [-0.2, 0) is 6.54 Å². The summed E-state index contributed by atoms with van der Waals surface area (Å²) in [4.78, 5) is 34.9. The van der Waals surface area contributed by atoms with Crippen LogP contribution < -0.4 is 10.5 Å². The van der Waals surface area contributed by atoms with Crippen LogP contribution in [0.1, 0.15) is 22.3 Å². The van der Waals surface area contributed by atoms with Gasteiger partial charge in [0.15, 0.2) is 11.4 Å². The standard InChI is InChI=1S/C23H18N2O6/c26-22(16-5-2-1-3-6-16)17-7-10-19(11-8-17)30-14-4-13-24-20-15-18(25(28)29)9-12-21(20)31-23(24)27/h1-3,5-12,15H,4,13-14H2. The summed E-state index contributed by atoms with van der Waals surface area (Å²) >= 11 is 0. The van der Waals surface area contributed by atoms with Crippen molar-refractivity contribution in [3.05, 3.63) is 105 Å². The molecule has 4 aromatic rings. The molecule has 0 N–H and O–H groups in total. The molecule has 0 saturated heterocycles. The Balaban J connectivity index is 1.36. The summed E-state index contributed by atoms with van der Waals surface area (Å²) in [5.41, 5.74) is 1.76. The summed E-state index contributed by atoms with van der Waals surface area (Å²) in [5.74, 6) is -0.0311. The molecule has 0 saturated carbocycles. The van der Waals surface area contributed by atoms with Crippen LogP contribution in [0, 0.1) is 10.1 Å². The van der Waals surface area contributed by atoms with E-state index in [0.29, 0.717) is 41.0 Å². The van der Waals surface area contributed by atoms with Gasteiger partial charge in [-0.05, 0) is 36.8 Å². The fourth-order valence-electron chi connectivity index (χ4n) is 3.25. The number of carbonyl (C=O) groups excluding carboxylic acids is 1. The second-order valence-electron chi connectivity index (χ2n) is 6.85. The van der Waals surface area contributed by atoms with Crippen LogP contribution >= 0.6 is 0 Å². The molecule has 4 rings (SSSR count). The number of nitrogens with zero attached hydrogens (tertiary/aromatic N) is 2. The Morgan fingerprint density at radius 1 is 1.00 bits per heavy atom. The van der Waals surface area contributed by atoms with E-state index in [1.165, 1.54) is 22.8 Å². The fourth-order valence-corrected chi connectivity index (χ4v) is 3.25. The highest BCUT2D eigenvalue weighted by atomic mass is 16.6. The second-order valence-corrected chi connectivity index (χ2v) is 6.85. The number of rotatable bonds is 8. The molecule has 0 spiro atoms. The maximum atomic E-state index is 12.4. The molecule has 0 radical (unpaired) electrons. The number of hydrogen-bond donors (Lipinski definition) is 0. The van der Waals surface area contributed by atoms with E-state index in [1.54, 1.807) is 36.4 Å². The van der Waals surface area contributed by atoms with Crippen LogP contribution in [0.2, 0.25) is 0 Å². The highest BCUT2D eigenvalue weighted by Crippen LogP contribution is 2.20. The van der Waals surface area contributed by atoms with Crippen molar-refractivity contribution in [3.8, 4) is 5.75 Å².